The molecule has 0 bridgehead atoms. The molecule has 6 nitrogen and oxygen atoms in total. The van der Waals surface area contributed by atoms with Crippen LogP contribution in [-0.4, -0.2) is 45.1 Å². The Labute approximate surface area is 138 Å². The van der Waals surface area contributed by atoms with E-state index in [4.69, 9.17) is 4.74 Å². The number of H-pyrrole nitrogens is 2. The van der Waals surface area contributed by atoms with Gasteiger partial charge in [-0.1, -0.05) is 6.07 Å². The fourth-order valence-corrected chi connectivity index (χ4v) is 3.83. The topological polar surface area (TPSA) is 69.8 Å². The molecule has 2 N–H and O–H groups in total. The zero-order chi connectivity index (χ0) is 15.6. The molecule has 0 aromatic carbocycles. The standard InChI is InChI=1S/C16H19N5OS/c1-11-7-17-19-15(11)13-10-22-5-4-21(13)9-12-8-18-20-16(12)14-3-2-6-23-14/h2-3,6-8,13H,4-5,9-10H2,1H3,(H,17,19)(H,18,20)/t13-/m1/s1. The molecule has 4 heterocycles. The first kappa shape index (κ1) is 14.6. The summed E-state index contributed by atoms with van der Waals surface area (Å²) < 4.78 is 5.70. The van der Waals surface area contributed by atoms with E-state index in [-0.39, 0.29) is 6.04 Å². The molecule has 1 aliphatic rings. The average molecular weight is 329 g/mol. The minimum Gasteiger partial charge on any atom is -0.378 e. The fourth-order valence-electron chi connectivity index (χ4n) is 3.07. The highest BCUT2D eigenvalue weighted by molar-refractivity contribution is 7.13. The van der Waals surface area contributed by atoms with Crippen molar-refractivity contribution >= 4 is 11.3 Å². The summed E-state index contributed by atoms with van der Waals surface area (Å²) in [6.07, 6.45) is 3.80. The summed E-state index contributed by atoms with van der Waals surface area (Å²) in [5.74, 6) is 0. The van der Waals surface area contributed by atoms with E-state index in [1.54, 1.807) is 11.3 Å². The Morgan fingerprint density at radius 3 is 3.04 bits per heavy atom. The van der Waals surface area contributed by atoms with Crippen LogP contribution in [0.25, 0.3) is 10.6 Å². The number of hydrogen-bond donors (Lipinski definition) is 2. The zero-order valence-electron chi connectivity index (χ0n) is 13.0. The zero-order valence-corrected chi connectivity index (χ0v) is 13.8. The summed E-state index contributed by atoms with van der Waals surface area (Å²) in [6, 6.07) is 4.39. The molecule has 0 amide bonds. The molecule has 3 aromatic heterocycles. The molecule has 1 aliphatic heterocycles. The van der Waals surface area contributed by atoms with Crippen LogP contribution in [0.3, 0.4) is 0 Å². The fraction of sp³-hybridized carbons (Fsp3) is 0.375. The summed E-state index contributed by atoms with van der Waals surface area (Å²) in [7, 11) is 0. The van der Waals surface area contributed by atoms with Gasteiger partial charge in [-0.15, -0.1) is 11.3 Å². The molecule has 0 aliphatic carbocycles. The van der Waals surface area contributed by atoms with Crippen LogP contribution in [0.15, 0.2) is 29.9 Å². The van der Waals surface area contributed by atoms with E-state index < -0.39 is 0 Å². The SMILES string of the molecule is Cc1cn[nH]c1[C@H]1COCCN1Cc1cn[nH]c1-c1cccs1. The minimum atomic E-state index is 0.206. The second-order valence-electron chi connectivity index (χ2n) is 5.78. The van der Waals surface area contributed by atoms with E-state index in [9.17, 15) is 0 Å². The Balaban J connectivity index is 1.60. The lowest BCUT2D eigenvalue weighted by Crippen LogP contribution is -2.39. The quantitative estimate of drug-likeness (QED) is 0.772. The van der Waals surface area contributed by atoms with E-state index in [1.807, 2.05) is 12.4 Å². The highest BCUT2D eigenvalue weighted by atomic mass is 32.1. The Morgan fingerprint density at radius 1 is 1.35 bits per heavy atom. The van der Waals surface area contributed by atoms with Crippen LogP contribution in [0, 0.1) is 6.92 Å². The van der Waals surface area contributed by atoms with E-state index in [0.717, 1.165) is 31.1 Å². The number of nitrogens with zero attached hydrogens (tertiary/aromatic N) is 3. The van der Waals surface area contributed by atoms with Crippen molar-refractivity contribution in [3.63, 3.8) is 0 Å². The number of morpholine rings is 1. The summed E-state index contributed by atoms with van der Waals surface area (Å²) in [5.41, 5.74) is 4.66. The van der Waals surface area contributed by atoms with Crippen LogP contribution >= 0.6 is 11.3 Å². The van der Waals surface area contributed by atoms with Gasteiger partial charge in [0.2, 0.25) is 0 Å². The van der Waals surface area contributed by atoms with Crippen molar-refractivity contribution in [2.75, 3.05) is 19.8 Å². The molecule has 0 radical (unpaired) electrons. The number of ether oxygens (including phenoxy) is 1. The van der Waals surface area contributed by atoms with Gasteiger partial charge in [0.05, 0.1) is 47.9 Å². The van der Waals surface area contributed by atoms with Crippen molar-refractivity contribution in [3.8, 4) is 10.6 Å². The lowest BCUT2D eigenvalue weighted by Gasteiger charge is -2.35. The first-order valence-electron chi connectivity index (χ1n) is 7.70. The first-order valence-corrected chi connectivity index (χ1v) is 8.58. The number of hydrogen-bond acceptors (Lipinski definition) is 5. The van der Waals surface area contributed by atoms with Crippen molar-refractivity contribution in [2.45, 2.75) is 19.5 Å². The number of aromatic nitrogens is 4. The molecule has 1 fully saturated rings. The largest absolute Gasteiger partial charge is 0.378 e. The lowest BCUT2D eigenvalue weighted by atomic mass is 10.1. The van der Waals surface area contributed by atoms with Crippen molar-refractivity contribution < 1.29 is 4.74 Å². The third kappa shape index (κ3) is 2.83. The first-order chi connectivity index (χ1) is 11.3. The Morgan fingerprint density at radius 2 is 2.26 bits per heavy atom. The molecule has 23 heavy (non-hydrogen) atoms. The molecule has 120 valence electrons. The second-order valence-corrected chi connectivity index (χ2v) is 6.72. The molecular formula is C16H19N5OS. The summed E-state index contributed by atoms with van der Waals surface area (Å²) in [6.45, 7) is 5.28. The molecule has 1 saturated heterocycles. The van der Waals surface area contributed by atoms with Crippen LogP contribution in [0.1, 0.15) is 22.9 Å². The smallest absolute Gasteiger partial charge is 0.0794 e. The Kier molecular flexibility index (Phi) is 3.99. The van der Waals surface area contributed by atoms with E-state index in [1.165, 1.54) is 16.0 Å². The van der Waals surface area contributed by atoms with Gasteiger partial charge in [-0.2, -0.15) is 10.2 Å². The Hall–Kier alpha value is -1.96. The summed E-state index contributed by atoms with van der Waals surface area (Å²) in [5, 5.41) is 16.8. The van der Waals surface area contributed by atoms with Crippen LogP contribution in [0.5, 0.6) is 0 Å². The van der Waals surface area contributed by atoms with Crippen molar-refractivity contribution in [3.05, 3.63) is 46.7 Å². The molecule has 0 unspecified atom stereocenters. The molecule has 0 spiro atoms. The van der Waals surface area contributed by atoms with Crippen molar-refractivity contribution in [1.29, 1.82) is 0 Å². The van der Waals surface area contributed by atoms with Crippen LogP contribution in [0.2, 0.25) is 0 Å². The highest BCUT2D eigenvalue weighted by Gasteiger charge is 2.28. The van der Waals surface area contributed by atoms with Gasteiger partial charge in [0.25, 0.3) is 0 Å². The maximum Gasteiger partial charge on any atom is 0.0794 e. The van der Waals surface area contributed by atoms with Gasteiger partial charge < -0.3 is 4.74 Å². The van der Waals surface area contributed by atoms with Crippen molar-refractivity contribution in [2.24, 2.45) is 0 Å². The van der Waals surface area contributed by atoms with Gasteiger partial charge >= 0.3 is 0 Å². The number of nitrogens with one attached hydrogen (secondary N) is 2. The van der Waals surface area contributed by atoms with Crippen LogP contribution in [0.4, 0.5) is 0 Å². The summed E-state index contributed by atoms with van der Waals surface area (Å²) >= 11 is 1.73. The number of rotatable bonds is 4. The van der Waals surface area contributed by atoms with Gasteiger partial charge in [0.15, 0.2) is 0 Å². The summed E-state index contributed by atoms with van der Waals surface area (Å²) in [4.78, 5) is 3.66. The van der Waals surface area contributed by atoms with Crippen molar-refractivity contribution in [1.82, 2.24) is 25.3 Å². The van der Waals surface area contributed by atoms with Crippen LogP contribution < -0.4 is 0 Å². The van der Waals surface area contributed by atoms with E-state index in [0.29, 0.717) is 6.61 Å². The van der Waals surface area contributed by atoms with E-state index in [2.05, 4.69) is 49.7 Å². The van der Waals surface area contributed by atoms with Gasteiger partial charge in [0, 0.05) is 18.7 Å². The third-order valence-electron chi connectivity index (χ3n) is 4.30. The van der Waals surface area contributed by atoms with Gasteiger partial charge in [-0.05, 0) is 23.9 Å². The third-order valence-corrected chi connectivity index (χ3v) is 5.19. The maximum atomic E-state index is 5.70. The van der Waals surface area contributed by atoms with E-state index >= 15 is 0 Å². The highest BCUT2D eigenvalue weighted by Crippen LogP contribution is 2.30. The number of aromatic amines is 2. The van der Waals surface area contributed by atoms with Gasteiger partial charge in [-0.3, -0.25) is 15.1 Å². The normalized spacial score (nSPS) is 19.3. The molecular weight excluding hydrogens is 310 g/mol. The molecule has 3 aromatic rings. The average Bonchev–Trinajstić information content (AvgIpc) is 3.29. The monoisotopic (exact) mass is 329 g/mol. The van der Waals surface area contributed by atoms with Gasteiger partial charge in [-0.25, -0.2) is 0 Å². The number of thiophene rings is 1. The minimum absolute atomic E-state index is 0.206. The predicted octanol–water partition coefficient (Wildman–Crippen LogP) is 2.74. The van der Waals surface area contributed by atoms with Crippen LogP contribution in [-0.2, 0) is 11.3 Å². The second kappa shape index (κ2) is 6.27. The molecule has 1 atom stereocenters. The molecule has 4 rings (SSSR count). The molecule has 7 heteroatoms. The maximum absolute atomic E-state index is 5.70. The number of aryl methyl sites for hydroxylation is 1. The molecule has 0 saturated carbocycles. The Bertz CT molecular complexity index is 763. The lowest BCUT2D eigenvalue weighted by molar-refractivity contribution is -0.0144. The predicted molar refractivity (Wildman–Crippen MR) is 89.2 cm³/mol. The van der Waals surface area contributed by atoms with Gasteiger partial charge in [0.1, 0.15) is 0 Å².